The maximum absolute atomic E-state index is 12.8. The van der Waals surface area contributed by atoms with Gasteiger partial charge >= 0.3 is 5.97 Å². The van der Waals surface area contributed by atoms with Gasteiger partial charge in [0.25, 0.3) is 0 Å². The molecule has 0 bridgehead atoms. The van der Waals surface area contributed by atoms with Crippen LogP contribution in [0.2, 0.25) is 0 Å². The lowest BCUT2D eigenvalue weighted by atomic mass is 9.78. The number of piperidine rings is 1. The second kappa shape index (κ2) is 9.09. The van der Waals surface area contributed by atoms with Gasteiger partial charge in [0.05, 0.1) is 32.6 Å². The summed E-state index contributed by atoms with van der Waals surface area (Å²) in [6.45, 7) is 6.39. The van der Waals surface area contributed by atoms with Gasteiger partial charge in [-0.15, -0.1) is 0 Å². The Balaban J connectivity index is 1.86. The molecule has 2 aliphatic heterocycles. The molecule has 33 heavy (non-hydrogen) atoms. The number of pyridine rings is 1. The fraction of sp³-hybridized carbons (Fsp3) is 0.520. The van der Waals surface area contributed by atoms with E-state index in [9.17, 15) is 9.59 Å². The number of hydrogen-bond acceptors (Lipinski definition) is 7. The summed E-state index contributed by atoms with van der Waals surface area (Å²) in [5.41, 5.74) is 2.47. The minimum Gasteiger partial charge on any atom is -0.493 e. The number of hydrogen-bond donors (Lipinski definition) is 0. The first-order valence-corrected chi connectivity index (χ1v) is 11.3. The van der Waals surface area contributed by atoms with Crippen LogP contribution in [0.5, 0.6) is 11.5 Å². The number of nitrogens with zero attached hydrogens (tertiary/aromatic N) is 2. The van der Waals surface area contributed by atoms with Gasteiger partial charge < -0.3 is 24.0 Å². The lowest BCUT2D eigenvalue weighted by Gasteiger charge is -2.49. The van der Waals surface area contributed by atoms with Crippen molar-refractivity contribution in [2.24, 2.45) is 5.41 Å². The van der Waals surface area contributed by atoms with Gasteiger partial charge in [-0.1, -0.05) is 13.8 Å². The number of esters is 1. The number of ether oxygens (including phenoxy) is 4. The van der Waals surface area contributed by atoms with Gasteiger partial charge in [0, 0.05) is 44.5 Å². The predicted molar refractivity (Wildman–Crippen MR) is 125 cm³/mol. The van der Waals surface area contributed by atoms with E-state index in [0.717, 1.165) is 42.6 Å². The van der Waals surface area contributed by atoms with Crippen molar-refractivity contribution in [1.29, 1.82) is 0 Å². The van der Waals surface area contributed by atoms with Crippen LogP contribution in [0.4, 0.5) is 0 Å². The molecule has 1 fully saturated rings. The second-order valence-corrected chi connectivity index (χ2v) is 9.37. The van der Waals surface area contributed by atoms with E-state index in [1.807, 2.05) is 16.8 Å². The molecular formula is C25H32N2O6. The number of aromatic nitrogens is 1. The molecule has 178 valence electrons. The fourth-order valence-electron chi connectivity index (χ4n) is 4.78. The average molecular weight is 457 g/mol. The molecule has 0 N–H and O–H groups in total. The molecule has 8 nitrogen and oxygen atoms in total. The molecule has 1 saturated heterocycles. The molecule has 2 aliphatic rings. The quantitative estimate of drug-likeness (QED) is 0.466. The summed E-state index contributed by atoms with van der Waals surface area (Å²) in [6, 6.07) is 5.57. The summed E-state index contributed by atoms with van der Waals surface area (Å²) in [6.07, 6.45) is 4.38. The molecule has 2 aromatic rings. The Kier molecular flexibility index (Phi) is 6.38. The Hall–Kier alpha value is -3.00. The third-order valence-electron chi connectivity index (χ3n) is 6.48. The number of methoxy groups -OCH3 is 3. The summed E-state index contributed by atoms with van der Waals surface area (Å²) in [7, 11) is 4.56. The summed E-state index contributed by atoms with van der Waals surface area (Å²) in [5, 5.41) is 2.24. The summed E-state index contributed by atoms with van der Waals surface area (Å²) in [5.74, 6) is 0.650. The minimum absolute atomic E-state index is 0.0249. The molecule has 0 aliphatic carbocycles. The third kappa shape index (κ3) is 4.31. The van der Waals surface area contributed by atoms with Gasteiger partial charge in [-0.25, -0.2) is 4.79 Å². The van der Waals surface area contributed by atoms with Crippen LogP contribution in [-0.4, -0.2) is 51.7 Å². The smallest absolute Gasteiger partial charge is 0.343 e. The van der Waals surface area contributed by atoms with E-state index in [2.05, 4.69) is 18.9 Å². The van der Waals surface area contributed by atoms with Crippen molar-refractivity contribution < 1.29 is 23.7 Å². The molecular weight excluding hydrogens is 424 g/mol. The molecule has 1 unspecified atom stereocenters. The summed E-state index contributed by atoms with van der Waals surface area (Å²) < 4.78 is 23.6. The molecule has 0 spiro atoms. The van der Waals surface area contributed by atoms with Gasteiger partial charge in [0.2, 0.25) is 0 Å². The zero-order valence-corrected chi connectivity index (χ0v) is 20.0. The molecule has 0 radical (unpaired) electrons. The summed E-state index contributed by atoms with van der Waals surface area (Å²) in [4.78, 5) is 25.1. The van der Waals surface area contributed by atoms with Gasteiger partial charge in [0.1, 0.15) is 5.56 Å². The summed E-state index contributed by atoms with van der Waals surface area (Å²) >= 11 is 0. The van der Waals surface area contributed by atoms with E-state index >= 15 is 0 Å². The topological polar surface area (TPSA) is 79.2 Å². The van der Waals surface area contributed by atoms with Crippen molar-refractivity contribution in [2.75, 3.05) is 46.1 Å². The highest BCUT2D eigenvalue weighted by Crippen LogP contribution is 2.48. The molecule has 1 aromatic heterocycles. The van der Waals surface area contributed by atoms with Crippen LogP contribution in [0.1, 0.15) is 55.1 Å². The Morgan fingerprint density at radius 1 is 1.12 bits per heavy atom. The Morgan fingerprint density at radius 2 is 1.91 bits per heavy atom. The largest absolute Gasteiger partial charge is 0.493 e. The van der Waals surface area contributed by atoms with Crippen molar-refractivity contribution in [3.63, 3.8) is 0 Å². The van der Waals surface area contributed by atoms with Crippen LogP contribution >= 0.6 is 0 Å². The van der Waals surface area contributed by atoms with Crippen molar-refractivity contribution in [3.05, 3.63) is 45.7 Å². The molecule has 0 saturated carbocycles. The van der Waals surface area contributed by atoms with E-state index < -0.39 is 5.97 Å². The predicted octanol–water partition coefficient (Wildman–Crippen LogP) is 3.54. The molecule has 4 rings (SSSR count). The first kappa shape index (κ1) is 23.2. The van der Waals surface area contributed by atoms with Crippen molar-refractivity contribution >= 4 is 5.97 Å². The maximum Gasteiger partial charge on any atom is 0.343 e. The van der Waals surface area contributed by atoms with Gasteiger partial charge in [0.15, 0.2) is 16.9 Å². The first-order valence-electron chi connectivity index (χ1n) is 11.3. The SMILES string of the molecule is COCCCOc1cc2c(cc1OC)-c1cc(=O)c(C(=O)OC)cn1N1CC(C)(C)CCC21. The van der Waals surface area contributed by atoms with Crippen LogP contribution in [0.25, 0.3) is 11.3 Å². The number of carbonyl (C=O) groups excluding carboxylic acids is 1. The molecule has 8 heteroatoms. The third-order valence-corrected chi connectivity index (χ3v) is 6.48. The van der Waals surface area contributed by atoms with Gasteiger partial charge in [-0.3, -0.25) is 9.47 Å². The van der Waals surface area contributed by atoms with Crippen molar-refractivity contribution in [2.45, 2.75) is 39.2 Å². The number of carbonyl (C=O) groups is 1. The Bertz CT molecular complexity index is 1110. The lowest BCUT2D eigenvalue weighted by molar-refractivity contribution is 0.0598. The first-order chi connectivity index (χ1) is 15.8. The number of fused-ring (bicyclic) bond motifs is 6. The van der Waals surface area contributed by atoms with Crippen molar-refractivity contribution in [3.8, 4) is 22.8 Å². The highest BCUT2D eigenvalue weighted by molar-refractivity contribution is 5.89. The lowest BCUT2D eigenvalue weighted by Crippen LogP contribution is -2.51. The number of rotatable bonds is 7. The van der Waals surface area contributed by atoms with E-state index in [1.165, 1.54) is 13.2 Å². The van der Waals surface area contributed by atoms with Gasteiger partial charge in [-0.2, -0.15) is 0 Å². The standard InChI is InChI=1S/C25H32N2O6/c1-25(2)8-7-19-16-12-23(33-10-6-9-30-3)22(31-4)11-17(16)20-13-21(28)18(24(29)32-5)14-26(20)27(19)15-25/h11-14,19H,6-10,15H2,1-5H3. The second-order valence-electron chi connectivity index (χ2n) is 9.37. The van der Waals surface area contributed by atoms with E-state index in [4.69, 9.17) is 18.9 Å². The molecule has 0 amide bonds. The molecule has 1 atom stereocenters. The fourth-order valence-corrected chi connectivity index (χ4v) is 4.78. The van der Waals surface area contributed by atoms with Crippen molar-refractivity contribution in [1.82, 2.24) is 4.68 Å². The van der Waals surface area contributed by atoms with E-state index in [-0.39, 0.29) is 22.4 Å². The molecule has 3 heterocycles. The van der Waals surface area contributed by atoms with E-state index in [1.54, 1.807) is 20.4 Å². The van der Waals surface area contributed by atoms with Crippen LogP contribution in [0.15, 0.2) is 29.2 Å². The Labute approximate surface area is 194 Å². The van der Waals surface area contributed by atoms with E-state index in [0.29, 0.717) is 24.7 Å². The maximum atomic E-state index is 12.8. The highest BCUT2D eigenvalue weighted by atomic mass is 16.5. The van der Waals surface area contributed by atoms with Gasteiger partial charge in [-0.05, 0) is 36.0 Å². The zero-order valence-electron chi connectivity index (χ0n) is 20.0. The molecule has 1 aromatic carbocycles. The number of benzene rings is 1. The normalized spacial score (nSPS) is 18.1. The van der Waals surface area contributed by atoms with Crippen LogP contribution in [0.3, 0.4) is 0 Å². The minimum atomic E-state index is -0.633. The zero-order chi connectivity index (χ0) is 23.8. The highest BCUT2D eigenvalue weighted by Gasteiger charge is 2.40. The van der Waals surface area contributed by atoms with Crippen LogP contribution < -0.4 is 19.9 Å². The Morgan fingerprint density at radius 3 is 2.61 bits per heavy atom. The van der Waals surface area contributed by atoms with Crippen LogP contribution in [0, 0.1) is 5.41 Å². The average Bonchev–Trinajstić information content (AvgIpc) is 2.80. The van der Waals surface area contributed by atoms with Crippen LogP contribution in [-0.2, 0) is 9.47 Å². The monoisotopic (exact) mass is 456 g/mol.